The van der Waals surface area contributed by atoms with Crippen LogP contribution in [0.4, 0.5) is 0 Å². The highest BCUT2D eigenvalue weighted by atomic mass is 79.9. The van der Waals surface area contributed by atoms with Crippen LogP contribution in [0, 0.1) is 0 Å². The van der Waals surface area contributed by atoms with Gasteiger partial charge in [-0.15, -0.1) is 0 Å². The summed E-state index contributed by atoms with van der Waals surface area (Å²) in [4.78, 5) is 19.7. The number of halogens is 1. The molecule has 1 aliphatic heterocycles. The van der Waals surface area contributed by atoms with E-state index in [-0.39, 0.29) is 6.54 Å². The van der Waals surface area contributed by atoms with Crippen molar-refractivity contribution in [3.05, 3.63) is 69.7 Å². The van der Waals surface area contributed by atoms with Crippen LogP contribution < -0.4 is 0 Å². The van der Waals surface area contributed by atoms with Gasteiger partial charge in [0.25, 0.3) is 0 Å². The van der Waals surface area contributed by atoms with E-state index in [1.807, 2.05) is 42.5 Å². The molecule has 2 aromatic rings. The second kappa shape index (κ2) is 6.87. The van der Waals surface area contributed by atoms with Crippen LogP contribution in [0.5, 0.6) is 0 Å². The van der Waals surface area contributed by atoms with Crippen molar-refractivity contribution in [1.29, 1.82) is 0 Å². The second-order valence-corrected chi connectivity index (χ2v) is 6.20. The average Bonchev–Trinajstić information content (AvgIpc) is 2.73. The highest BCUT2D eigenvalue weighted by Gasteiger charge is 2.17. The minimum atomic E-state index is -0.926. The average molecular weight is 371 g/mol. The van der Waals surface area contributed by atoms with Crippen molar-refractivity contribution < 1.29 is 9.90 Å². The van der Waals surface area contributed by atoms with Crippen LogP contribution in [0.3, 0.4) is 0 Å². The molecule has 0 saturated heterocycles. The Labute approximate surface area is 142 Å². The Morgan fingerprint density at radius 1 is 1.22 bits per heavy atom. The first-order valence-electron chi connectivity index (χ1n) is 7.26. The van der Waals surface area contributed by atoms with Gasteiger partial charge in [-0.05, 0) is 17.7 Å². The van der Waals surface area contributed by atoms with Crippen molar-refractivity contribution in [2.75, 3.05) is 13.1 Å². The monoisotopic (exact) mass is 370 g/mol. The first kappa shape index (κ1) is 15.6. The third kappa shape index (κ3) is 3.74. The quantitative estimate of drug-likeness (QED) is 0.899. The summed E-state index contributed by atoms with van der Waals surface area (Å²) in [6.07, 6.45) is 0.621. The predicted octanol–water partition coefficient (Wildman–Crippen LogP) is 3.37. The molecule has 5 heteroatoms. The van der Waals surface area contributed by atoms with E-state index in [1.165, 1.54) is 0 Å². The predicted molar refractivity (Wildman–Crippen MR) is 94.7 cm³/mol. The molecule has 0 saturated carbocycles. The van der Waals surface area contributed by atoms with E-state index in [0.717, 1.165) is 32.6 Å². The van der Waals surface area contributed by atoms with Crippen LogP contribution in [0.2, 0.25) is 0 Å². The fourth-order valence-electron chi connectivity index (χ4n) is 2.58. The molecule has 4 nitrogen and oxygen atoms in total. The van der Waals surface area contributed by atoms with Crippen LogP contribution in [-0.2, 0) is 11.2 Å². The van der Waals surface area contributed by atoms with Crippen molar-refractivity contribution in [3.8, 4) is 0 Å². The lowest BCUT2D eigenvalue weighted by atomic mass is 9.96. The molecular formula is C18H15BrN2O2. The maximum absolute atomic E-state index is 10.8. The lowest BCUT2D eigenvalue weighted by molar-refractivity contribution is -0.135. The highest BCUT2D eigenvalue weighted by molar-refractivity contribution is 9.10. The van der Waals surface area contributed by atoms with E-state index in [0.29, 0.717) is 13.0 Å². The lowest BCUT2D eigenvalue weighted by Gasteiger charge is -2.10. The molecule has 0 aliphatic carbocycles. The van der Waals surface area contributed by atoms with Gasteiger partial charge >= 0.3 is 5.97 Å². The summed E-state index contributed by atoms with van der Waals surface area (Å²) in [5.74, 6) is -0.926. The molecule has 0 radical (unpaired) electrons. The summed E-state index contributed by atoms with van der Waals surface area (Å²) in [5.41, 5.74) is 4.93. The lowest BCUT2D eigenvalue weighted by Crippen LogP contribution is -2.10. The minimum absolute atomic E-state index is 0.211. The Morgan fingerprint density at radius 2 is 2.00 bits per heavy atom. The number of benzene rings is 2. The molecule has 23 heavy (non-hydrogen) atoms. The summed E-state index contributed by atoms with van der Waals surface area (Å²) < 4.78 is 0.991. The largest absolute Gasteiger partial charge is 0.480 e. The van der Waals surface area contributed by atoms with Crippen LogP contribution >= 0.6 is 15.9 Å². The number of aliphatic imine (C=N–C) groups is 2. The van der Waals surface area contributed by atoms with Gasteiger partial charge in [0.15, 0.2) is 0 Å². The van der Waals surface area contributed by atoms with E-state index in [4.69, 9.17) is 10.1 Å². The van der Waals surface area contributed by atoms with Crippen LogP contribution in [0.15, 0.2) is 63.0 Å². The molecule has 2 aromatic carbocycles. The van der Waals surface area contributed by atoms with Crippen molar-refractivity contribution in [2.45, 2.75) is 6.42 Å². The SMILES string of the molecule is O=C(O)CN=C1CN=C(c2ccccc2)c2cc(Br)ccc2C1. The van der Waals surface area contributed by atoms with E-state index in [1.54, 1.807) is 0 Å². The normalized spacial score (nSPS) is 15.7. The smallest absolute Gasteiger partial charge is 0.325 e. The van der Waals surface area contributed by atoms with Gasteiger partial charge in [0.2, 0.25) is 0 Å². The molecule has 0 amide bonds. The Kier molecular flexibility index (Phi) is 4.67. The van der Waals surface area contributed by atoms with E-state index < -0.39 is 5.97 Å². The fourth-order valence-corrected chi connectivity index (χ4v) is 2.94. The topological polar surface area (TPSA) is 62.0 Å². The van der Waals surface area contributed by atoms with Gasteiger partial charge in [-0.1, -0.05) is 52.3 Å². The van der Waals surface area contributed by atoms with Crippen molar-refractivity contribution in [1.82, 2.24) is 0 Å². The summed E-state index contributed by atoms with van der Waals surface area (Å²) in [6.45, 7) is 0.210. The molecule has 0 unspecified atom stereocenters. The molecule has 0 spiro atoms. The minimum Gasteiger partial charge on any atom is -0.480 e. The van der Waals surface area contributed by atoms with Gasteiger partial charge in [-0.25, -0.2) is 0 Å². The van der Waals surface area contributed by atoms with Gasteiger partial charge in [-0.2, -0.15) is 0 Å². The van der Waals surface area contributed by atoms with Crippen molar-refractivity contribution in [3.63, 3.8) is 0 Å². The molecule has 0 atom stereocenters. The fraction of sp³-hybridized carbons (Fsp3) is 0.167. The molecule has 116 valence electrons. The summed E-state index contributed by atoms with van der Waals surface area (Å²) in [5, 5.41) is 8.83. The van der Waals surface area contributed by atoms with Gasteiger partial charge in [-0.3, -0.25) is 14.8 Å². The molecule has 1 N–H and O–H groups in total. The number of aliphatic carboxylic acids is 1. The van der Waals surface area contributed by atoms with Crippen LogP contribution in [0.1, 0.15) is 16.7 Å². The first-order chi connectivity index (χ1) is 11.1. The Morgan fingerprint density at radius 3 is 2.74 bits per heavy atom. The number of carboxylic acids is 1. The number of nitrogens with zero attached hydrogens (tertiary/aromatic N) is 2. The molecular weight excluding hydrogens is 356 g/mol. The first-order valence-corrected chi connectivity index (χ1v) is 8.05. The van der Waals surface area contributed by atoms with E-state index in [9.17, 15) is 4.79 Å². The number of carboxylic acid groups (broad SMARTS) is 1. The van der Waals surface area contributed by atoms with E-state index >= 15 is 0 Å². The molecule has 1 heterocycles. The maximum Gasteiger partial charge on any atom is 0.325 e. The summed E-state index contributed by atoms with van der Waals surface area (Å²) in [6, 6.07) is 16.1. The van der Waals surface area contributed by atoms with Gasteiger partial charge < -0.3 is 5.11 Å². The number of carbonyl (C=O) groups is 1. The van der Waals surface area contributed by atoms with Crippen LogP contribution in [-0.4, -0.2) is 35.6 Å². The van der Waals surface area contributed by atoms with Crippen LogP contribution in [0.25, 0.3) is 0 Å². The number of hydrogen-bond acceptors (Lipinski definition) is 3. The highest BCUT2D eigenvalue weighted by Crippen LogP contribution is 2.23. The molecule has 3 rings (SSSR count). The summed E-state index contributed by atoms with van der Waals surface area (Å²) in [7, 11) is 0. The maximum atomic E-state index is 10.8. The van der Waals surface area contributed by atoms with Crippen molar-refractivity contribution >= 4 is 33.3 Å². The number of hydrogen-bond donors (Lipinski definition) is 1. The third-order valence-corrected chi connectivity index (χ3v) is 4.12. The van der Waals surface area contributed by atoms with Crippen molar-refractivity contribution in [2.24, 2.45) is 9.98 Å². The molecule has 0 aromatic heterocycles. The zero-order chi connectivity index (χ0) is 16.2. The Balaban J connectivity index is 2.07. The van der Waals surface area contributed by atoms with Gasteiger partial charge in [0.1, 0.15) is 6.54 Å². The van der Waals surface area contributed by atoms with Gasteiger partial charge in [0.05, 0.1) is 12.3 Å². The number of rotatable bonds is 3. The molecule has 1 aliphatic rings. The zero-order valence-electron chi connectivity index (χ0n) is 12.4. The summed E-state index contributed by atoms with van der Waals surface area (Å²) >= 11 is 3.52. The van der Waals surface area contributed by atoms with Gasteiger partial charge in [0, 0.05) is 27.7 Å². The zero-order valence-corrected chi connectivity index (χ0v) is 14.0. The third-order valence-electron chi connectivity index (χ3n) is 3.63. The Hall–Kier alpha value is -2.27. The number of fused-ring (bicyclic) bond motifs is 1. The molecule has 0 bridgehead atoms. The van der Waals surface area contributed by atoms with E-state index in [2.05, 4.69) is 27.0 Å². The second-order valence-electron chi connectivity index (χ2n) is 5.29. The standard InChI is InChI=1S/C18H15BrN2O2/c19-14-7-6-13-8-15(20-11-17(22)23)10-21-18(16(13)9-14)12-4-2-1-3-5-12/h1-7,9H,8,10-11H2,(H,22,23). The Bertz CT molecular complexity index is 798. The molecule has 0 fully saturated rings.